The number of hydroxylamine groups is 2. The van der Waals surface area contributed by atoms with Gasteiger partial charge < -0.3 is 0 Å². The molecule has 9 heavy (non-hydrogen) atoms. The van der Waals surface area contributed by atoms with Crippen LogP contribution in [0.5, 0.6) is 0 Å². The van der Waals surface area contributed by atoms with Crippen molar-refractivity contribution >= 4 is 6.29 Å². The molecule has 0 atom stereocenters. The molecule has 0 radical (unpaired) electrons. The first kappa shape index (κ1) is 6.04. The number of hydrogen-bond donors (Lipinski definition) is 1. The van der Waals surface area contributed by atoms with Crippen LogP contribution in [-0.4, -0.2) is 23.1 Å². The Morgan fingerprint density at radius 1 is 1.78 bits per heavy atom. The van der Waals surface area contributed by atoms with Gasteiger partial charge in [0.05, 0.1) is 6.54 Å². The summed E-state index contributed by atoms with van der Waals surface area (Å²) in [4.78, 5) is 10.0. The first-order chi connectivity index (χ1) is 4.33. The summed E-state index contributed by atoms with van der Waals surface area (Å²) in [7, 11) is 0. The highest BCUT2D eigenvalue weighted by molar-refractivity contribution is 5.77. The molecule has 0 amide bonds. The number of carbonyl (C=O) groups excluding carboxylic acids is 1. The van der Waals surface area contributed by atoms with E-state index in [4.69, 9.17) is 5.21 Å². The van der Waals surface area contributed by atoms with Crippen molar-refractivity contribution in [2.75, 3.05) is 6.54 Å². The molecule has 1 rings (SSSR count). The predicted octanol–water partition coefficient (Wildman–Crippen LogP) is 0.330. The Morgan fingerprint density at radius 3 is 3.00 bits per heavy atom. The van der Waals surface area contributed by atoms with Gasteiger partial charge in [0.15, 0.2) is 0 Å². The van der Waals surface area contributed by atoms with Crippen molar-refractivity contribution in [3.63, 3.8) is 0 Å². The van der Waals surface area contributed by atoms with Crippen LogP contribution in [0, 0.1) is 0 Å². The van der Waals surface area contributed by atoms with Gasteiger partial charge >= 0.3 is 0 Å². The largest absolute Gasteiger partial charge is 0.298 e. The molecule has 0 aromatic carbocycles. The summed E-state index contributed by atoms with van der Waals surface area (Å²) < 4.78 is 0. The first-order valence-corrected chi connectivity index (χ1v) is 2.62. The lowest BCUT2D eigenvalue weighted by Gasteiger charge is -2.11. The van der Waals surface area contributed by atoms with Crippen LogP contribution < -0.4 is 0 Å². The van der Waals surface area contributed by atoms with Gasteiger partial charge in [-0.25, -0.2) is 0 Å². The van der Waals surface area contributed by atoms with Gasteiger partial charge in [0, 0.05) is 11.8 Å². The Kier molecular flexibility index (Phi) is 1.65. The third-order valence-corrected chi connectivity index (χ3v) is 1.09. The molecule has 0 bridgehead atoms. The van der Waals surface area contributed by atoms with Gasteiger partial charge in [-0.2, -0.15) is 0 Å². The van der Waals surface area contributed by atoms with Crippen LogP contribution in [0.4, 0.5) is 0 Å². The number of nitrogens with zero attached hydrogens (tertiary/aromatic N) is 1. The molecule has 48 valence electrons. The normalized spacial score (nSPS) is 17.4. The highest BCUT2D eigenvalue weighted by Gasteiger charge is 1.98. The van der Waals surface area contributed by atoms with Gasteiger partial charge in [0.1, 0.15) is 6.29 Å². The fourth-order valence-corrected chi connectivity index (χ4v) is 0.587. The minimum Gasteiger partial charge on any atom is -0.298 e. The number of rotatable bonds is 1. The Morgan fingerprint density at radius 2 is 2.56 bits per heavy atom. The highest BCUT2D eigenvalue weighted by Crippen LogP contribution is 2.00. The zero-order valence-electron chi connectivity index (χ0n) is 4.82. The fraction of sp³-hybridized carbons (Fsp3) is 0.167. The second-order valence-electron chi connectivity index (χ2n) is 1.76. The summed E-state index contributed by atoms with van der Waals surface area (Å²) >= 11 is 0. The maximum absolute atomic E-state index is 10.0. The van der Waals surface area contributed by atoms with Crippen LogP contribution >= 0.6 is 0 Å². The van der Waals surface area contributed by atoms with Crippen LogP contribution in [0.15, 0.2) is 23.9 Å². The molecule has 3 nitrogen and oxygen atoms in total. The molecule has 1 N–H and O–H groups in total. The van der Waals surface area contributed by atoms with Crippen LogP contribution in [0.1, 0.15) is 0 Å². The summed E-state index contributed by atoms with van der Waals surface area (Å²) in [6.07, 6.45) is 5.40. The molecule has 0 fully saturated rings. The van der Waals surface area contributed by atoms with Gasteiger partial charge in [-0.1, -0.05) is 6.08 Å². The van der Waals surface area contributed by atoms with E-state index in [-0.39, 0.29) is 0 Å². The summed E-state index contributed by atoms with van der Waals surface area (Å²) in [5.41, 5.74) is 0.611. The van der Waals surface area contributed by atoms with E-state index in [1.54, 1.807) is 12.2 Å². The number of carbonyl (C=O) groups is 1. The molecule has 3 heteroatoms. The van der Waals surface area contributed by atoms with E-state index in [0.29, 0.717) is 12.1 Å². The van der Waals surface area contributed by atoms with E-state index < -0.39 is 0 Å². The predicted molar refractivity (Wildman–Crippen MR) is 31.8 cm³/mol. The fourth-order valence-electron chi connectivity index (χ4n) is 0.587. The third kappa shape index (κ3) is 1.40. The molecule has 0 saturated heterocycles. The van der Waals surface area contributed by atoms with Crippen molar-refractivity contribution < 1.29 is 10.0 Å². The van der Waals surface area contributed by atoms with Crippen LogP contribution in [0.3, 0.4) is 0 Å². The van der Waals surface area contributed by atoms with Gasteiger partial charge in [-0.3, -0.25) is 15.1 Å². The van der Waals surface area contributed by atoms with Crippen LogP contribution in [0.2, 0.25) is 0 Å². The lowest BCUT2D eigenvalue weighted by Crippen LogP contribution is -2.14. The maximum atomic E-state index is 10.0. The topological polar surface area (TPSA) is 40.5 Å². The minimum absolute atomic E-state index is 0.393. The van der Waals surface area contributed by atoms with Crippen LogP contribution in [0.25, 0.3) is 0 Å². The standard InChI is InChI=1S/C6H7NO2/c8-5-6-1-3-7(9)4-2-6/h1-3,5,9H,4H2. The third-order valence-electron chi connectivity index (χ3n) is 1.09. The molecule has 0 saturated carbocycles. The Bertz CT molecular complexity index is 172. The van der Waals surface area contributed by atoms with E-state index >= 15 is 0 Å². The molecule has 1 heterocycles. The molecule has 0 aliphatic carbocycles. The van der Waals surface area contributed by atoms with E-state index in [9.17, 15) is 4.79 Å². The number of hydrogen-bond acceptors (Lipinski definition) is 3. The molecular formula is C6H7NO2. The average molecular weight is 125 g/mol. The zero-order chi connectivity index (χ0) is 6.69. The smallest absolute Gasteiger partial charge is 0.149 e. The summed E-state index contributed by atoms with van der Waals surface area (Å²) in [5, 5.41) is 9.72. The van der Waals surface area contributed by atoms with Crippen molar-refractivity contribution in [2.24, 2.45) is 0 Å². The van der Waals surface area contributed by atoms with Gasteiger partial charge in [0.2, 0.25) is 0 Å². The Hall–Kier alpha value is -1.09. The Balaban J connectivity index is 2.62. The number of allylic oxidation sites excluding steroid dienone is 2. The monoisotopic (exact) mass is 125 g/mol. The molecule has 1 aliphatic heterocycles. The zero-order valence-corrected chi connectivity index (χ0v) is 4.82. The minimum atomic E-state index is 0.393. The lowest BCUT2D eigenvalue weighted by atomic mass is 10.2. The molecule has 1 aliphatic rings. The molecule has 0 aromatic heterocycles. The van der Waals surface area contributed by atoms with Crippen LogP contribution in [-0.2, 0) is 4.79 Å². The molecule has 0 aromatic rings. The van der Waals surface area contributed by atoms with Gasteiger partial charge in [-0.15, -0.1) is 0 Å². The summed E-state index contributed by atoms with van der Waals surface area (Å²) in [5.74, 6) is 0. The van der Waals surface area contributed by atoms with E-state index in [0.717, 1.165) is 11.3 Å². The second kappa shape index (κ2) is 2.46. The quantitative estimate of drug-likeness (QED) is 0.513. The van der Waals surface area contributed by atoms with Crippen molar-refractivity contribution in [1.82, 2.24) is 5.06 Å². The van der Waals surface area contributed by atoms with Crippen molar-refractivity contribution in [2.45, 2.75) is 0 Å². The highest BCUT2D eigenvalue weighted by atomic mass is 16.5. The van der Waals surface area contributed by atoms with E-state index in [1.165, 1.54) is 6.20 Å². The average Bonchev–Trinajstić information content (AvgIpc) is 1.90. The second-order valence-corrected chi connectivity index (χ2v) is 1.76. The molecule has 0 unspecified atom stereocenters. The molecule has 0 spiro atoms. The maximum Gasteiger partial charge on any atom is 0.149 e. The summed E-state index contributed by atoms with van der Waals surface area (Å²) in [6, 6.07) is 0. The van der Waals surface area contributed by atoms with Crippen molar-refractivity contribution in [3.8, 4) is 0 Å². The van der Waals surface area contributed by atoms with E-state index in [1.807, 2.05) is 0 Å². The number of aldehydes is 1. The van der Waals surface area contributed by atoms with Crippen molar-refractivity contribution in [3.05, 3.63) is 23.9 Å². The van der Waals surface area contributed by atoms with Gasteiger partial charge in [-0.05, 0) is 6.08 Å². The van der Waals surface area contributed by atoms with Gasteiger partial charge in [0.25, 0.3) is 0 Å². The molecular weight excluding hydrogens is 118 g/mol. The Labute approximate surface area is 52.8 Å². The van der Waals surface area contributed by atoms with Crippen molar-refractivity contribution in [1.29, 1.82) is 0 Å². The lowest BCUT2D eigenvalue weighted by molar-refractivity contribution is -0.104. The first-order valence-electron chi connectivity index (χ1n) is 2.62. The summed E-state index contributed by atoms with van der Waals surface area (Å²) in [6.45, 7) is 0.393. The van der Waals surface area contributed by atoms with E-state index in [2.05, 4.69) is 0 Å². The SMILES string of the molecule is O=CC1=CCN(O)C=C1.